The first-order chi connectivity index (χ1) is 11.2. The number of hydrogen-bond donors (Lipinski definition) is 2. The average molecular weight is 346 g/mol. The van der Waals surface area contributed by atoms with E-state index in [1.165, 1.54) is 5.56 Å². The number of nitrogens with one attached hydrogen (secondary N) is 2. The van der Waals surface area contributed by atoms with Crippen molar-refractivity contribution in [3.05, 3.63) is 65.7 Å². The van der Waals surface area contributed by atoms with Crippen molar-refractivity contribution in [2.45, 2.75) is 44.2 Å². The maximum absolute atomic E-state index is 12.4. The van der Waals surface area contributed by atoms with Gasteiger partial charge in [-0.2, -0.15) is 0 Å². The molecule has 0 fully saturated rings. The monoisotopic (exact) mass is 346 g/mol. The number of benzene rings is 2. The second-order valence-electron chi connectivity index (χ2n) is 6.80. The van der Waals surface area contributed by atoms with E-state index in [4.69, 9.17) is 0 Å². The lowest BCUT2D eigenvalue weighted by Crippen LogP contribution is -2.49. The van der Waals surface area contributed by atoms with Crippen molar-refractivity contribution in [1.29, 1.82) is 0 Å². The molecule has 4 nitrogen and oxygen atoms in total. The number of hydrogen-bond acceptors (Lipinski definition) is 3. The van der Waals surface area contributed by atoms with Crippen LogP contribution < -0.4 is 10.0 Å². The Labute approximate surface area is 145 Å². The average Bonchev–Trinajstić information content (AvgIpc) is 2.54. The van der Waals surface area contributed by atoms with Crippen LogP contribution >= 0.6 is 0 Å². The van der Waals surface area contributed by atoms with E-state index in [2.05, 4.69) is 29.1 Å². The molecular weight excluding hydrogens is 320 g/mol. The van der Waals surface area contributed by atoms with Gasteiger partial charge in [0, 0.05) is 18.1 Å². The molecule has 24 heavy (non-hydrogen) atoms. The van der Waals surface area contributed by atoms with E-state index in [9.17, 15) is 8.42 Å². The van der Waals surface area contributed by atoms with Crippen LogP contribution in [0.15, 0.2) is 59.5 Å². The molecule has 130 valence electrons. The summed E-state index contributed by atoms with van der Waals surface area (Å²) >= 11 is 0. The van der Waals surface area contributed by atoms with Gasteiger partial charge in [-0.15, -0.1) is 0 Å². The summed E-state index contributed by atoms with van der Waals surface area (Å²) < 4.78 is 27.5. The Morgan fingerprint density at radius 2 is 1.58 bits per heavy atom. The van der Waals surface area contributed by atoms with Crippen molar-refractivity contribution in [1.82, 2.24) is 10.0 Å². The molecule has 0 saturated heterocycles. The van der Waals surface area contributed by atoms with E-state index in [0.29, 0.717) is 11.4 Å². The molecular formula is C19H26N2O2S. The Bertz CT molecular complexity index is 754. The molecule has 2 N–H and O–H groups in total. The molecule has 0 heterocycles. The fourth-order valence-corrected chi connectivity index (χ4v) is 3.75. The SMILES string of the molecule is Cc1ccc(S(=O)(=O)NCC(C)(C)NC(C)c2ccccc2)cc1. The summed E-state index contributed by atoms with van der Waals surface area (Å²) in [6.45, 7) is 8.29. The van der Waals surface area contributed by atoms with Gasteiger partial charge in [0.25, 0.3) is 0 Å². The first-order valence-electron chi connectivity index (χ1n) is 8.09. The van der Waals surface area contributed by atoms with Gasteiger partial charge in [-0.1, -0.05) is 48.0 Å². The zero-order valence-corrected chi connectivity index (χ0v) is 15.5. The summed E-state index contributed by atoms with van der Waals surface area (Å²) in [5.41, 5.74) is 1.83. The van der Waals surface area contributed by atoms with Crippen LogP contribution in [0.25, 0.3) is 0 Å². The first-order valence-corrected chi connectivity index (χ1v) is 9.57. The largest absolute Gasteiger partial charge is 0.304 e. The summed E-state index contributed by atoms with van der Waals surface area (Å²) in [6.07, 6.45) is 0. The van der Waals surface area contributed by atoms with E-state index in [1.54, 1.807) is 24.3 Å². The molecule has 0 amide bonds. The predicted molar refractivity (Wildman–Crippen MR) is 98.4 cm³/mol. The van der Waals surface area contributed by atoms with Crippen molar-refractivity contribution >= 4 is 10.0 Å². The van der Waals surface area contributed by atoms with E-state index in [-0.39, 0.29) is 11.6 Å². The lowest BCUT2D eigenvalue weighted by atomic mass is 10.0. The van der Waals surface area contributed by atoms with Gasteiger partial charge in [-0.05, 0) is 45.4 Å². The van der Waals surface area contributed by atoms with Gasteiger partial charge in [0.2, 0.25) is 10.0 Å². The lowest BCUT2D eigenvalue weighted by Gasteiger charge is -2.30. The number of aryl methyl sites for hydroxylation is 1. The highest BCUT2D eigenvalue weighted by atomic mass is 32.2. The molecule has 0 spiro atoms. The highest BCUT2D eigenvalue weighted by Crippen LogP contribution is 2.17. The van der Waals surface area contributed by atoms with Crippen LogP contribution in [-0.2, 0) is 10.0 Å². The van der Waals surface area contributed by atoms with Gasteiger partial charge in [-0.25, -0.2) is 13.1 Å². The van der Waals surface area contributed by atoms with E-state index >= 15 is 0 Å². The fourth-order valence-electron chi connectivity index (χ4n) is 2.54. The van der Waals surface area contributed by atoms with Crippen molar-refractivity contribution in [2.75, 3.05) is 6.54 Å². The summed E-state index contributed by atoms with van der Waals surface area (Å²) in [6, 6.07) is 17.1. The van der Waals surface area contributed by atoms with Gasteiger partial charge in [0.1, 0.15) is 0 Å². The minimum atomic E-state index is -3.50. The van der Waals surface area contributed by atoms with Gasteiger partial charge in [0.05, 0.1) is 4.90 Å². The van der Waals surface area contributed by atoms with Crippen molar-refractivity contribution in [3.63, 3.8) is 0 Å². The molecule has 1 unspecified atom stereocenters. The fraction of sp³-hybridized carbons (Fsp3) is 0.368. The Hall–Kier alpha value is -1.69. The summed E-state index contributed by atoms with van der Waals surface area (Å²) in [5.74, 6) is 0. The Morgan fingerprint density at radius 1 is 1.00 bits per heavy atom. The third-order valence-electron chi connectivity index (χ3n) is 3.94. The molecule has 0 aromatic heterocycles. The maximum Gasteiger partial charge on any atom is 0.240 e. The Morgan fingerprint density at radius 3 is 2.17 bits per heavy atom. The summed E-state index contributed by atoms with van der Waals surface area (Å²) in [7, 11) is -3.50. The molecule has 0 saturated carbocycles. The smallest absolute Gasteiger partial charge is 0.240 e. The Kier molecular flexibility index (Phi) is 5.80. The quantitative estimate of drug-likeness (QED) is 0.808. The highest BCUT2D eigenvalue weighted by molar-refractivity contribution is 7.89. The molecule has 5 heteroatoms. The highest BCUT2D eigenvalue weighted by Gasteiger charge is 2.24. The molecule has 0 aliphatic heterocycles. The predicted octanol–water partition coefficient (Wildman–Crippen LogP) is 3.40. The third kappa shape index (κ3) is 5.16. The Balaban J connectivity index is 2.00. The molecule has 0 radical (unpaired) electrons. The number of rotatable bonds is 7. The summed E-state index contributed by atoms with van der Waals surface area (Å²) in [4.78, 5) is 0.292. The minimum absolute atomic E-state index is 0.130. The van der Waals surface area contributed by atoms with Gasteiger partial charge >= 0.3 is 0 Å². The molecule has 2 rings (SSSR count). The van der Waals surface area contributed by atoms with Crippen LogP contribution in [-0.4, -0.2) is 20.5 Å². The van der Waals surface area contributed by atoms with Crippen LogP contribution in [0, 0.1) is 6.92 Å². The minimum Gasteiger partial charge on any atom is -0.304 e. The van der Waals surface area contributed by atoms with Crippen molar-refractivity contribution in [2.24, 2.45) is 0 Å². The summed E-state index contributed by atoms with van der Waals surface area (Å²) in [5, 5.41) is 3.48. The van der Waals surface area contributed by atoms with Crippen LogP contribution in [0.1, 0.15) is 37.9 Å². The molecule has 0 aliphatic carbocycles. The third-order valence-corrected chi connectivity index (χ3v) is 5.36. The molecule has 0 aliphatic rings. The van der Waals surface area contributed by atoms with Crippen LogP contribution in [0.3, 0.4) is 0 Å². The molecule has 0 bridgehead atoms. The molecule has 1 atom stereocenters. The zero-order valence-electron chi connectivity index (χ0n) is 14.7. The van der Waals surface area contributed by atoms with Crippen molar-refractivity contribution in [3.8, 4) is 0 Å². The second kappa shape index (κ2) is 7.47. The maximum atomic E-state index is 12.4. The first kappa shape index (κ1) is 18.6. The van der Waals surface area contributed by atoms with Crippen molar-refractivity contribution < 1.29 is 8.42 Å². The molecule has 2 aromatic rings. The topological polar surface area (TPSA) is 58.2 Å². The van der Waals surface area contributed by atoms with Gasteiger partial charge in [-0.3, -0.25) is 0 Å². The lowest BCUT2D eigenvalue weighted by molar-refractivity contribution is 0.346. The van der Waals surface area contributed by atoms with Crippen LogP contribution in [0.5, 0.6) is 0 Å². The van der Waals surface area contributed by atoms with E-state index < -0.39 is 10.0 Å². The standard InChI is InChI=1S/C19H26N2O2S/c1-15-10-12-18(13-11-15)24(22,23)20-14-19(3,4)21-16(2)17-8-6-5-7-9-17/h5-13,16,20-21H,14H2,1-4H3. The number of sulfonamides is 1. The van der Waals surface area contributed by atoms with Crippen LogP contribution in [0.4, 0.5) is 0 Å². The van der Waals surface area contributed by atoms with Gasteiger partial charge < -0.3 is 5.32 Å². The molecule has 2 aromatic carbocycles. The van der Waals surface area contributed by atoms with E-state index in [1.807, 2.05) is 39.0 Å². The zero-order chi connectivity index (χ0) is 17.8. The normalized spacial score (nSPS) is 13.7. The van der Waals surface area contributed by atoms with Gasteiger partial charge in [0.15, 0.2) is 0 Å². The second-order valence-corrected chi connectivity index (χ2v) is 8.57. The van der Waals surface area contributed by atoms with Crippen LogP contribution in [0.2, 0.25) is 0 Å². The van der Waals surface area contributed by atoms with E-state index in [0.717, 1.165) is 5.56 Å².